The predicted octanol–water partition coefficient (Wildman–Crippen LogP) is 2.81. The summed E-state index contributed by atoms with van der Waals surface area (Å²) in [6.45, 7) is 2.82. The average Bonchev–Trinajstić information content (AvgIpc) is 2.60. The van der Waals surface area contributed by atoms with Crippen LogP contribution >= 0.6 is 0 Å². The van der Waals surface area contributed by atoms with Gasteiger partial charge in [0.25, 0.3) is 5.91 Å². The van der Waals surface area contributed by atoms with Crippen LogP contribution in [0, 0.1) is 17.5 Å². The molecule has 146 valence electrons. The molecular formula is C17H17F3N2O4S. The smallest absolute Gasteiger partial charge is 0.262 e. The van der Waals surface area contributed by atoms with E-state index in [1.54, 1.807) is 13.8 Å². The van der Waals surface area contributed by atoms with E-state index in [1.807, 2.05) is 0 Å². The molecule has 0 spiro atoms. The van der Waals surface area contributed by atoms with E-state index in [-0.39, 0.29) is 16.7 Å². The number of nitrogens with one attached hydrogen (secondary N) is 2. The normalized spacial score (nSPS) is 11.5. The van der Waals surface area contributed by atoms with E-state index in [2.05, 4.69) is 10.0 Å². The fourth-order valence-corrected chi connectivity index (χ4v) is 3.30. The van der Waals surface area contributed by atoms with Gasteiger partial charge in [-0.3, -0.25) is 4.79 Å². The van der Waals surface area contributed by atoms with Crippen LogP contribution in [0.2, 0.25) is 0 Å². The molecule has 6 nitrogen and oxygen atoms in total. The molecule has 0 bridgehead atoms. The van der Waals surface area contributed by atoms with E-state index in [4.69, 9.17) is 4.74 Å². The standard InChI is InChI=1S/C17H17F3N2O4S/c1-10(2)22-27(24,25)12-5-3-11(4-6-12)26-9-15(23)21-14-8-7-13(18)16(19)17(14)20/h3-8,10,22H,9H2,1-2H3,(H,21,23). The lowest BCUT2D eigenvalue weighted by atomic mass is 10.3. The second-order valence-electron chi connectivity index (χ2n) is 5.81. The van der Waals surface area contributed by atoms with Gasteiger partial charge in [-0.25, -0.2) is 26.3 Å². The Kier molecular flexibility index (Phi) is 6.45. The molecule has 0 aliphatic rings. The maximum Gasteiger partial charge on any atom is 0.262 e. The maximum absolute atomic E-state index is 13.5. The largest absolute Gasteiger partial charge is 0.484 e. The number of carbonyl (C=O) groups excluding carboxylic acids is 1. The van der Waals surface area contributed by atoms with Crippen LogP contribution in [-0.2, 0) is 14.8 Å². The molecule has 2 aromatic carbocycles. The van der Waals surface area contributed by atoms with E-state index in [9.17, 15) is 26.4 Å². The first kappa shape index (κ1) is 20.7. The van der Waals surface area contributed by atoms with Crippen molar-refractivity contribution in [3.63, 3.8) is 0 Å². The number of rotatable bonds is 7. The predicted molar refractivity (Wildman–Crippen MR) is 92.3 cm³/mol. The molecule has 27 heavy (non-hydrogen) atoms. The van der Waals surface area contributed by atoms with Crippen LogP contribution in [-0.4, -0.2) is 27.0 Å². The second kappa shape index (κ2) is 8.40. The molecular weight excluding hydrogens is 385 g/mol. The third-order valence-electron chi connectivity index (χ3n) is 3.20. The zero-order valence-corrected chi connectivity index (χ0v) is 15.2. The van der Waals surface area contributed by atoms with E-state index in [0.29, 0.717) is 6.07 Å². The van der Waals surface area contributed by atoms with Gasteiger partial charge in [-0.2, -0.15) is 0 Å². The Morgan fingerprint density at radius 1 is 1.04 bits per heavy atom. The number of amides is 1. The van der Waals surface area contributed by atoms with Gasteiger partial charge in [0.15, 0.2) is 24.1 Å². The molecule has 2 rings (SSSR count). The molecule has 0 aromatic heterocycles. The lowest BCUT2D eigenvalue weighted by Gasteiger charge is -2.11. The SMILES string of the molecule is CC(C)NS(=O)(=O)c1ccc(OCC(=O)Nc2ccc(F)c(F)c2F)cc1. The Hall–Kier alpha value is -2.59. The van der Waals surface area contributed by atoms with E-state index < -0.39 is 45.7 Å². The molecule has 0 aliphatic carbocycles. The van der Waals surface area contributed by atoms with Gasteiger partial charge in [0, 0.05) is 6.04 Å². The highest BCUT2D eigenvalue weighted by molar-refractivity contribution is 7.89. The van der Waals surface area contributed by atoms with Gasteiger partial charge in [0.2, 0.25) is 10.0 Å². The van der Waals surface area contributed by atoms with Crippen LogP contribution in [0.1, 0.15) is 13.8 Å². The molecule has 2 aromatic rings. The highest BCUT2D eigenvalue weighted by Crippen LogP contribution is 2.20. The number of benzene rings is 2. The number of anilines is 1. The average molecular weight is 402 g/mol. The van der Waals surface area contributed by atoms with Gasteiger partial charge in [0.1, 0.15) is 5.75 Å². The Bertz CT molecular complexity index is 932. The second-order valence-corrected chi connectivity index (χ2v) is 7.52. The fourth-order valence-electron chi connectivity index (χ4n) is 2.05. The Balaban J connectivity index is 1.97. The van der Waals surface area contributed by atoms with E-state index in [0.717, 1.165) is 6.07 Å². The van der Waals surface area contributed by atoms with Gasteiger partial charge in [-0.05, 0) is 50.2 Å². The summed E-state index contributed by atoms with van der Waals surface area (Å²) in [5, 5.41) is 2.05. The molecule has 0 saturated heterocycles. The molecule has 0 heterocycles. The van der Waals surface area contributed by atoms with Crippen molar-refractivity contribution in [2.75, 3.05) is 11.9 Å². The van der Waals surface area contributed by atoms with Crippen LogP contribution in [0.15, 0.2) is 41.3 Å². The summed E-state index contributed by atoms with van der Waals surface area (Å²) in [6, 6.07) is 6.58. The van der Waals surface area contributed by atoms with Gasteiger partial charge >= 0.3 is 0 Å². The minimum atomic E-state index is -3.65. The monoisotopic (exact) mass is 402 g/mol. The quantitative estimate of drug-likeness (QED) is 0.698. The summed E-state index contributed by atoms with van der Waals surface area (Å²) in [5.74, 6) is -5.20. The van der Waals surface area contributed by atoms with Gasteiger partial charge in [-0.15, -0.1) is 0 Å². The third kappa shape index (κ3) is 5.44. The Labute approximate surface area is 154 Å². The fraction of sp³-hybridized carbons (Fsp3) is 0.235. The van der Waals surface area contributed by atoms with Gasteiger partial charge in [0.05, 0.1) is 10.6 Å². The van der Waals surface area contributed by atoms with Gasteiger partial charge < -0.3 is 10.1 Å². The molecule has 10 heteroatoms. The molecule has 2 N–H and O–H groups in total. The molecule has 0 aliphatic heterocycles. The van der Waals surface area contributed by atoms with Crippen LogP contribution in [0.3, 0.4) is 0 Å². The minimum Gasteiger partial charge on any atom is -0.484 e. The number of carbonyl (C=O) groups is 1. The highest BCUT2D eigenvalue weighted by atomic mass is 32.2. The van der Waals surface area contributed by atoms with E-state index in [1.165, 1.54) is 24.3 Å². The molecule has 0 atom stereocenters. The number of hydrogen-bond donors (Lipinski definition) is 2. The van der Waals surface area contributed by atoms with Crippen molar-refractivity contribution < 1.29 is 31.1 Å². The zero-order valence-electron chi connectivity index (χ0n) is 14.4. The lowest BCUT2D eigenvalue weighted by molar-refractivity contribution is -0.118. The van der Waals surface area contributed by atoms with Crippen molar-refractivity contribution in [2.45, 2.75) is 24.8 Å². The Morgan fingerprint density at radius 2 is 1.67 bits per heavy atom. The van der Waals surface area contributed by atoms with Crippen molar-refractivity contribution in [3.8, 4) is 5.75 Å². The summed E-state index contributed by atoms with van der Waals surface area (Å²) in [6.07, 6.45) is 0. The first-order valence-electron chi connectivity index (χ1n) is 7.78. The van der Waals surface area contributed by atoms with Crippen molar-refractivity contribution >= 4 is 21.6 Å². The first-order chi connectivity index (χ1) is 12.6. The summed E-state index contributed by atoms with van der Waals surface area (Å²) in [4.78, 5) is 11.8. The molecule has 0 fully saturated rings. The van der Waals surface area contributed by atoms with Crippen LogP contribution in [0.4, 0.5) is 18.9 Å². The van der Waals surface area contributed by atoms with Crippen molar-refractivity contribution in [1.82, 2.24) is 4.72 Å². The van der Waals surface area contributed by atoms with Crippen LogP contribution in [0.25, 0.3) is 0 Å². The van der Waals surface area contributed by atoms with Crippen molar-refractivity contribution in [2.24, 2.45) is 0 Å². The van der Waals surface area contributed by atoms with Crippen molar-refractivity contribution in [1.29, 1.82) is 0 Å². The number of halogens is 3. The summed E-state index contributed by atoms with van der Waals surface area (Å²) < 4.78 is 71.1. The number of ether oxygens (including phenoxy) is 1. The lowest BCUT2D eigenvalue weighted by Crippen LogP contribution is -2.30. The van der Waals surface area contributed by atoms with Crippen LogP contribution < -0.4 is 14.8 Å². The summed E-state index contributed by atoms with van der Waals surface area (Å²) >= 11 is 0. The first-order valence-corrected chi connectivity index (χ1v) is 9.27. The number of sulfonamides is 1. The zero-order chi connectivity index (χ0) is 20.2. The third-order valence-corrected chi connectivity index (χ3v) is 4.88. The topological polar surface area (TPSA) is 84.5 Å². The molecule has 0 saturated carbocycles. The maximum atomic E-state index is 13.5. The molecule has 0 radical (unpaired) electrons. The van der Waals surface area contributed by atoms with Crippen molar-refractivity contribution in [3.05, 3.63) is 53.8 Å². The highest BCUT2D eigenvalue weighted by Gasteiger charge is 2.17. The summed E-state index contributed by atoms with van der Waals surface area (Å²) in [7, 11) is -3.65. The summed E-state index contributed by atoms with van der Waals surface area (Å²) in [5.41, 5.74) is -0.524. The Morgan fingerprint density at radius 3 is 2.26 bits per heavy atom. The van der Waals surface area contributed by atoms with Crippen LogP contribution in [0.5, 0.6) is 5.75 Å². The number of hydrogen-bond acceptors (Lipinski definition) is 4. The molecule has 0 unspecified atom stereocenters. The minimum absolute atomic E-state index is 0.0249. The van der Waals surface area contributed by atoms with Gasteiger partial charge in [-0.1, -0.05) is 0 Å². The molecule has 1 amide bonds. The van der Waals surface area contributed by atoms with E-state index >= 15 is 0 Å².